The van der Waals surface area contributed by atoms with Crippen molar-refractivity contribution in [2.45, 2.75) is 0 Å². The number of hydrogen-bond acceptors (Lipinski definition) is 2. The van der Waals surface area contributed by atoms with Crippen LogP contribution in [0.4, 0.5) is 4.39 Å². The van der Waals surface area contributed by atoms with Crippen molar-refractivity contribution in [1.29, 1.82) is 0 Å². The molecule has 1 amide bonds. The van der Waals surface area contributed by atoms with Crippen LogP contribution in [0.5, 0.6) is 0 Å². The first-order chi connectivity index (χ1) is 10.5. The van der Waals surface area contributed by atoms with Gasteiger partial charge in [0, 0.05) is 16.1 Å². The minimum absolute atomic E-state index is 0.0660. The molecule has 0 aliphatic rings. The van der Waals surface area contributed by atoms with E-state index in [1.165, 1.54) is 42.5 Å². The predicted molar refractivity (Wildman–Crippen MR) is 80.9 cm³/mol. The maximum atomic E-state index is 13.6. The Morgan fingerprint density at radius 2 is 1.73 bits per heavy atom. The molecule has 0 fully saturated rings. The number of amides is 1. The van der Waals surface area contributed by atoms with Crippen molar-refractivity contribution in [2.75, 3.05) is 0 Å². The minimum atomic E-state index is -1.37. The molecule has 2 N–H and O–H groups in total. The Hall–Kier alpha value is -2.66. The van der Waals surface area contributed by atoms with Gasteiger partial charge in [-0.2, -0.15) is 0 Å². The Labute approximate surface area is 130 Å². The van der Waals surface area contributed by atoms with Gasteiger partial charge in [0.15, 0.2) is 0 Å². The molecule has 0 spiro atoms. The lowest BCUT2D eigenvalue weighted by Crippen LogP contribution is -2.27. The highest BCUT2D eigenvalue weighted by atomic mass is 35.5. The van der Waals surface area contributed by atoms with Crippen LogP contribution in [0, 0.1) is 5.82 Å². The Kier molecular flexibility index (Phi) is 4.91. The molecule has 0 saturated carbocycles. The van der Waals surface area contributed by atoms with Crippen LogP contribution in [0.2, 0.25) is 5.02 Å². The van der Waals surface area contributed by atoms with E-state index in [0.29, 0.717) is 5.02 Å². The number of carboxylic acid groups (broad SMARTS) is 1. The fourth-order valence-electron chi connectivity index (χ4n) is 1.69. The summed E-state index contributed by atoms with van der Waals surface area (Å²) in [4.78, 5) is 23.2. The second-order valence-corrected chi connectivity index (χ2v) is 4.78. The third kappa shape index (κ3) is 3.93. The number of benzene rings is 2. The van der Waals surface area contributed by atoms with Gasteiger partial charge in [-0.05, 0) is 36.4 Å². The molecule has 0 bridgehead atoms. The van der Waals surface area contributed by atoms with E-state index in [-0.39, 0.29) is 11.1 Å². The first-order valence-corrected chi connectivity index (χ1v) is 6.61. The third-order valence-electron chi connectivity index (χ3n) is 2.79. The summed E-state index contributed by atoms with van der Waals surface area (Å²) in [6, 6.07) is 11.6. The highest BCUT2D eigenvalue weighted by Crippen LogP contribution is 2.12. The summed E-state index contributed by atoms with van der Waals surface area (Å²) < 4.78 is 13.6. The van der Waals surface area contributed by atoms with E-state index in [0.717, 1.165) is 6.08 Å². The summed E-state index contributed by atoms with van der Waals surface area (Å²) in [5.41, 5.74) is -0.119. The average Bonchev–Trinajstić information content (AvgIpc) is 2.49. The smallest absolute Gasteiger partial charge is 0.352 e. The number of rotatable bonds is 4. The zero-order valence-electron chi connectivity index (χ0n) is 11.2. The van der Waals surface area contributed by atoms with Crippen LogP contribution in [0.1, 0.15) is 15.9 Å². The van der Waals surface area contributed by atoms with Crippen LogP contribution in [-0.4, -0.2) is 17.0 Å². The summed E-state index contributed by atoms with van der Waals surface area (Å²) in [6.45, 7) is 0. The van der Waals surface area contributed by atoms with Crippen molar-refractivity contribution < 1.29 is 19.1 Å². The monoisotopic (exact) mass is 319 g/mol. The number of aliphatic carboxylic acids is 1. The van der Waals surface area contributed by atoms with Crippen molar-refractivity contribution in [3.8, 4) is 0 Å². The molecule has 2 aromatic carbocycles. The third-order valence-corrected chi connectivity index (χ3v) is 3.04. The molecule has 0 unspecified atom stereocenters. The Balaban J connectivity index is 2.26. The summed E-state index contributed by atoms with van der Waals surface area (Å²) >= 11 is 5.72. The molecule has 0 heterocycles. The standard InChI is InChI=1S/C16H11ClFNO3/c17-12-7-5-10(6-8-12)15(20)19-14(16(21)22)9-11-3-1-2-4-13(11)18/h1-9H,(H,19,20)(H,21,22)/b14-9+. The molecule has 0 aliphatic heterocycles. The Bertz CT molecular complexity index is 741. The molecule has 22 heavy (non-hydrogen) atoms. The Morgan fingerprint density at radius 3 is 2.32 bits per heavy atom. The number of hydrogen-bond donors (Lipinski definition) is 2. The molecule has 0 aromatic heterocycles. The molecule has 2 aromatic rings. The van der Waals surface area contributed by atoms with Crippen molar-refractivity contribution in [1.82, 2.24) is 5.32 Å². The van der Waals surface area contributed by atoms with Crippen LogP contribution in [0.25, 0.3) is 6.08 Å². The number of nitrogens with one attached hydrogen (secondary N) is 1. The molecule has 112 valence electrons. The summed E-state index contributed by atoms with van der Waals surface area (Å²) in [6.07, 6.45) is 1.06. The van der Waals surface area contributed by atoms with E-state index in [1.807, 2.05) is 0 Å². The first-order valence-electron chi connectivity index (χ1n) is 6.24. The van der Waals surface area contributed by atoms with E-state index in [4.69, 9.17) is 16.7 Å². The van der Waals surface area contributed by atoms with Crippen LogP contribution in [-0.2, 0) is 4.79 Å². The lowest BCUT2D eigenvalue weighted by Gasteiger charge is -2.07. The van der Waals surface area contributed by atoms with Crippen LogP contribution < -0.4 is 5.32 Å². The zero-order valence-corrected chi connectivity index (χ0v) is 12.0. The van der Waals surface area contributed by atoms with E-state index in [1.54, 1.807) is 6.07 Å². The fraction of sp³-hybridized carbons (Fsp3) is 0. The molecule has 0 aliphatic carbocycles. The van der Waals surface area contributed by atoms with Crippen molar-refractivity contribution in [3.05, 3.63) is 76.2 Å². The molecule has 4 nitrogen and oxygen atoms in total. The number of carbonyl (C=O) groups is 2. The summed E-state index contributed by atoms with van der Waals surface area (Å²) in [5, 5.41) is 11.8. The largest absolute Gasteiger partial charge is 0.477 e. The van der Waals surface area contributed by atoms with Gasteiger partial charge in [0.05, 0.1) is 0 Å². The first kappa shape index (κ1) is 15.7. The fourth-order valence-corrected chi connectivity index (χ4v) is 1.82. The molecular formula is C16H11ClFNO3. The number of halogens is 2. The van der Waals surface area contributed by atoms with Gasteiger partial charge < -0.3 is 10.4 Å². The topological polar surface area (TPSA) is 66.4 Å². The second kappa shape index (κ2) is 6.87. The maximum Gasteiger partial charge on any atom is 0.352 e. The van der Waals surface area contributed by atoms with Gasteiger partial charge in [-0.15, -0.1) is 0 Å². The van der Waals surface area contributed by atoms with Gasteiger partial charge in [-0.25, -0.2) is 9.18 Å². The normalized spacial score (nSPS) is 11.1. The number of carboxylic acids is 1. The second-order valence-electron chi connectivity index (χ2n) is 4.35. The van der Waals surface area contributed by atoms with Crippen molar-refractivity contribution in [3.63, 3.8) is 0 Å². The molecule has 2 rings (SSSR count). The summed E-state index contributed by atoms with van der Waals surface area (Å²) in [5.74, 6) is -2.57. The lowest BCUT2D eigenvalue weighted by molar-refractivity contribution is -0.132. The van der Waals surface area contributed by atoms with E-state index in [2.05, 4.69) is 5.32 Å². The van der Waals surface area contributed by atoms with Gasteiger partial charge in [0.1, 0.15) is 11.5 Å². The van der Waals surface area contributed by atoms with Crippen LogP contribution >= 0.6 is 11.6 Å². The van der Waals surface area contributed by atoms with Gasteiger partial charge in [0.2, 0.25) is 0 Å². The lowest BCUT2D eigenvalue weighted by atomic mass is 10.1. The van der Waals surface area contributed by atoms with Gasteiger partial charge in [-0.3, -0.25) is 4.79 Å². The van der Waals surface area contributed by atoms with E-state index < -0.39 is 23.4 Å². The Morgan fingerprint density at radius 1 is 1.09 bits per heavy atom. The molecule has 0 atom stereocenters. The van der Waals surface area contributed by atoms with Crippen LogP contribution in [0.3, 0.4) is 0 Å². The molecule has 6 heteroatoms. The average molecular weight is 320 g/mol. The SMILES string of the molecule is O=C(O)/C(=C\c1ccccc1F)NC(=O)c1ccc(Cl)cc1. The highest BCUT2D eigenvalue weighted by molar-refractivity contribution is 6.30. The van der Waals surface area contributed by atoms with Crippen molar-refractivity contribution in [2.24, 2.45) is 0 Å². The molecule has 0 saturated heterocycles. The van der Waals surface area contributed by atoms with Crippen molar-refractivity contribution >= 4 is 29.6 Å². The van der Waals surface area contributed by atoms with Crippen LogP contribution in [0.15, 0.2) is 54.2 Å². The van der Waals surface area contributed by atoms with Gasteiger partial charge in [-0.1, -0.05) is 29.8 Å². The zero-order chi connectivity index (χ0) is 16.1. The quantitative estimate of drug-likeness (QED) is 0.849. The van der Waals surface area contributed by atoms with E-state index in [9.17, 15) is 14.0 Å². The molecule has 0 radical (unpaired) electrons. The maximum absolute atomic E-state index is 13.6. The highest BCUT2D eigenvalue weighted by Gasteiger charge is 2.14. The summed E-state index contributed by atoms with van der Waals surface area (Å²) in [7, 11) is 0. The minimum Gasteiger partial charge on any atom is -0.477 e. The van der Waals surface area contributed by atoms with E-state index >= 15 is 0 Å². The molecular weight excluding hydrogens is 309 g/mol. The van der Waals surface area contributed by atoms with Gasteiger partial charge >= 0.3 is 5.97 Å². The predicted octanol–water partition coefficient (Wildman–Crippen LogP) is 3.33. The van der Waals surface area contributed by atoms with Gasteiger partial charge in [0.25, 0.3) is 5.91 Å². The number of carbonyl (C=O) groups excluding carboxylic acids is 1.